The quantitative estimate of drug-likeness (QED) is 0.249. The highest BCUT2D eigenvalue weighted by atomic mass is 32.2. The molecule has 1 saturated heterocycles. The van der Waals surface area contributed by atoms with Gasteiger partial charge in [0.1, 0.15) is 16.5 Å². The van der Waals surface area contributed by atoms with Crippen LogP contribution in [0.1, 0.15) is 17.0 Å². The first-order valence-corrected chi connectivity index (χ1v) is 15.7. The Kier molecular flexibility index (Phi) is 8.37. The molecule has 0 N–H and O–H groups in total. The standard InChI is InChI=1S/C27H29F4N5O3S2/c1-34(2)16-25-33-24(17-40-25)36-15-19(4-3-9-35-10-12-41(37,38)13-11-35)20-6-7-22(32-26(20)36)18-5-8-23(21(28)14-18)39-27(29,30)31/h5-8,14-15,17H,3-4,9-13,16H2,1-2H3. The first-order chi connectivity index (χ1) is 19.4. The van der Waals surface area contributed by atoms with E-state index in [4.69, 9.17) is 9.97 Å². The molecule has 4 aromatic rings. The van der Waals surface area contributed by atoms with Crippen molar-refractivity contribution in [1.29, 1.82) is 0 Å². The highest BCUT2D eigenvalue weighted by molar-refractivity contribution is 7.91. The molecule has 0 aliphatic carbocycles. The molecule has 0 spiro atoms. The van der Waals surface area contributed by atoms with Crippen molar-refractivity contribution in [1.82, 2.24) is 24.3 Å². The molecule has 5 rings (SSSR count). The number of aryl methyl sites for hydroxylation is 1. The average Bonchev–Trinajstić information content (AvgIpc) is 3.49. The summed E-state index contributed by atoms with van der Waals surface area (Å²) in [5, 5.41) is 3.75. The summed E-state index contributed by atoms with van der Waals surface area (Å²) in [5.74, 6) is -0.996. The van der Waals surface area contributed by atoms with Crippen molar-refractivity contribution in [2.75, 3.05) is 45.2 Å². The monoisotopic (exact) mass is 611 g/mol. The summed E-state index contributed by atoms with van der Waals surface area (Å²) in [6.07, 6.45) is -1.48. The minimum absolute atomic E-state index is 0.183. The van der Waals surface area contributed by atoms with Gasteiger partial charge >= 0.3 is 6.36 Å². The van der Waals surface area contributed by atoms with E-state index in [0.717, 1.165) is 47.5 Å². The Morgan fingerprint density at radius 2 is 1.85 bits per heavy atom. The second kappa shape index (κ2) is 11.7. The van der Waals surface area contributed by atoms with Gasteiger partial charge in [0, 0.05) is 42.2 Å². The van der Waals surface area contributed by atoms with Crippen LogP contribution in [0.2, 0.25) is 0 Å². The van der Waals surface area contributed by atoms with Crippen LogP contribution in [-0.4, -0.2) is 84.4 Å². The molecule has 1 fully saturated rings. The third-order valence-electron chi connectivity index (χ3n) is 6.78. The SMILES string of the molecule is CN(C)Cc1nc(-n2cc(CCCN3CCS(=O)(=O)CC3)c3ccc(-c4ccc(OC(F)(F)F)c(F)c4)nc32)cs1. The van der Waals surface area contributed by atoms with Gasteiger partial charge in [-0.05, 0) is 69.4 Å². The molecule has 1 aliphatic rings. The number of halogens is 4. The van der Waals surface area contributed by atoms with Crippen LogP contribution in [0, 0.1) is 5.82 Å². The van der Waals surface area contributed by atoms with Crippen molar-refractivity contribution in [2.24, 2.45) is 0 Å². The van der Waals surface area contributed by atoms with Crippen LogP contribution < -0.4 is 4.74 Å². The third-order valence-corrected chi connectivity index (χ3v) is 9.21. The Balaban J connectivity index is 1.45. The Hall–Kier alpha value is -3.07. The molecule has 0 bridgehead atoms. The predicted molar refractivity (Wildman–Crippen MR) is 150 cm³/mol. The number of benzene rings is 1. The molecule has 3 aromatic heterocycles. The van der Waals surface area contributed by atoms with E-state index < -0.39 is 27.8 Å². The van der Waals surface area contributed by atoms with Crippen molar-refractivity contribution in [3.63, 3.8) is 0 Å². The fourth-order valence-corrected chi connectivity index (χ4v) is 6.96. The molecular formula is C27H29F4N5O3S2. The zero-order valence-corrected chi connectivity index (χ0v) is 24.1. The van der Waals surface area contributed by atoms with Crippen LogP contribution in [0.3, 0.4) is 0 Å². The summed E-state index contributed by atoms with van der Waals surface area (Å²) in [6.45, 7) is 2.51. The number of aromatic nitrogens is 3. The van der Waals surface area contributed by atoms with Gasteiger partial charge in [-0.15, -0.1) is 24.5 Å². The second-order valence-electron chi connectivity index (χ2n) is 10.2. The minimum Gasteiger partial charge on any atom is -0.403 e. The van der Waals surface area contributed by atoms with Crippen molar-refractivity contribution in [2.45, 2.75) is 25.7 Å². The maximum absolute atomic E-state index is 14.5. The number of alkyl halides is 3. The van der Waals surface area contributed by atoms with Gasteiger partial charge in [-0.3, -0.25) is 4.57 Å². The summed E-state index contributed by atoms with van der Waals surface area (Å²) >= 11 is 1.52. The fraction of sp³-hybridized carbons (Fsp3) is 0.407. The van der Waals surface area contributed by atoms with Crippen molar-refractivity contribution < 1.29 is 30.7 Å². The first kappa shape index (κ1) is 29.4. The van der Waals surface area contributed by atoms with Gasteiger partial charge in [0.25, 0.3) is 0 Å². The third kappa shape index (κ3) is 7.23. The lowest BCUT2D eigenvalue weighted by atomic mass is 10.1. The second-order valence-corrected chi connectivity index (χ2v) is 13.5. The number of nitrogens with zero attached hydrogens (tertiary/aromatic N) is 5. The van der Waals surface area contributed by atoms with E-state index >= 15 is 0 Å². The molecule has 1 aromatic carbocycles. The van der Waals surface area contributed by atoms with E-state index in [2.05, 4.69) is 9.64 Å². The number of fused-ring (bicyclic) bond motifs is 1. The molecule has 0 saturated carbocycles. The molecular weight excluding hydrogens is 582 g/mol. The van der Waals surface area contributed by atoms with E-state index in [1.54, 1.807) is 6.07 Å². The van der Waals surface area contributed by atoms with Crippen molar-refractivity contribution in [3.05, 3.63) is 58.3 Å². The number of rotatable bonds is 9. The Bertz CT molecular complexity index is 1640. The fourth-order valence-electron chi connectivity index (χ4n) is 4.79. The average molecular weight is 612 g/mol. The molecule has 1 aliphatic heterocycles. The Labute approximate surface area is 239 Å². The summed E-state index contributed by atoms with van der Waals surface area (Å²) in [4.78, 5) is 13.7. The molecule has 14 heteroatoms. The van der Waals surface area contributed by atoms with Gasteiger partial charge in [0.05, 0.1) is 17.2 Å². The van der Waals surface area contributed by atoms with E-state index in [1.807, 2.05) is 41.2 Å². The first-order valence-electron chi connectivity index (χ1n) is 13.0. The molecule has 0 atom stereocenters. The molecule has 0 amide bonds. The van der Waals surface area contributed by atoms with Crippen molar-refractivity contribution in [3.8, 4) is 22.8 Å². The lowest BCUT2D eigenvalue weighted by Gasteiger charge is -2.26. The van der Waals surface area contributed by atoms with Gasteiger partial charge in [0.2, 0.25) is 0 Å². The molecule has 220 valence electrons. The van der Waals surface area contributed by atoms with Crippen LogP contribution in [0.4, 0.5) is 17.6 Å². The van der Waals surface area contributed by atoms with Crippen LogP contribution in [0.5, 0.6) is 5.75 Å². The molecule has 4 heterocycles. The molecule has 0 unspecified atom stereocenters. The van der Waals surface area contributed by atoms with Crippen LogP contribution in [0.15, 0.2) is 41.9 Å². The zero-order valence-electron chi connectivity index (χ0n) is 22.5. The van der Waals surface area contributed by atoms with Gasteiger partial charge < -0.3 is 14.5 Å². The van der Waals surface area contributed by atoms with Gasteiger partial charge in [-0.1, -0.05) is 0 Å². The zero-order chi connectivity index (χ0) is 29.4. The topological polar surface area (TPSA) is 80.6 Å². The maximum Gasteiger partial charge on any atom is 0.573 e. The number of pyridine rings is 1. The van der Waals surface area contributed by atoms with E-state index in [0.29, 0.717) is 42.4 Å². The van der Waals surface area contributed by atoms with Crippen molar-refractivity contribution >= 4 is 32.2 Å². The smallest absolute Gasteiger partial charge is 0.403 e. The number of sulfone groups is 1. The summed E-state index contributed by atoms with van der Waals surface area (Å²) in [7, 11) is 0.979. The summed E-state index contributed by atoms with van der Waals surface area (Å²) in [5.41, 5.74) is 2.32. The van der Waals surface area contributed by atoms with E-state index in [-0.39, 0.29) is 11.5 Å². The summed E-state index contributed by atoms with van der Waals surface area (Å²) < 4.78 is 81.3. The van der Waals surface area contributed by atoms with Crippen LogP contribution in [-0.2, 0) is 22.8 Å². The lowest BCUT2D eigenvalue weighted by molar-refractivity contribution is -0.275. The highest BCUT2D eigenvalue weighted by Gasteiger charge is 2.32. The Morgan fingerprint density at radius 1 is 1.10 bits per heavy atom. The largest absolute Gasteiger partial charge is 0.573 e. The molecule has 0 radical (unpaired) electrons. The predicted octanol–water partition coefficient (Wildman–Crippen LogP) is 4.91. The minimum atomic E-state index is -5.00. The van der Waals surface area contributed by atoms with Crippen LogP contribution in [0.25, 0.3) is 28.1 Å². The van der Waals surface area contributed by atoms with Crippen LogP contribution >= 0.6 is 11.3 Å². The summed E-state index contributed by atoms with van der Waals surface area (Å²) in [6, 6.07) is 6.84. The Morgan fingerprint density at radius 3 is 2.54 bits per heavy atom. The molecule has 41 heavy (non-hydrogen) atoms. The van der Waals surface area contributed by atoms with Gasteiger partial charge in [0.15, 0.2) is 21.4 Å². The van der Waals surface area contributed by atoms with Gasteiger partial charge in [-0.2, -0.15) is 0 Å². The number of hydrogen-bond acceptors (Lipinski definition) is 8. The lowest BCUT2D eigenvalue weighted by Crippen LogP contribution is -2.40. The van der Waals surface area contributed by atoms with Gasteiger partial charge in [-0.25, -0.2) is 22.8 Å². The number of thiazole rings is 1. The number of ether oxygens (including phenoxy) is 1. The number of hydrogen-bond donors (Lipinski definition) is 0. The molecule has 8 nitrogen and oxygen atoms in total. The maximum atomic E-state index is 14.5. The highest BCUT2D eigenvalue weighted by Crippen LogP contribution is 2.32. The van der Waals surface area contributed by atoms with E-state index in [9.17, 15) is 26.0 Å². The van der Waals surface area contributed by atoms with E-state index in [1.165, 1.54) is 17.4 Å². The normalized spacial score (nSPS) is 16.1.